The SMILES string of the molecule is Cc1ccc(-c2nc(NC(=O)CSc3nc(C)cc(C)n3)sc2C)cc1. The Balaban J connectivity index is 1.64. The van der Waals surface area contributed by atoms with Gasteiger partial charge in [-0.2, -0.15) is 0 Å². The molecule has 0 aliphatic carbocycles. The molecule has 0 saturated carbocycles. The number of carbonyl (C=O) groups excluding carboxylic acids is 1. The Labute approximate surface area is 161 Å². The Morgan fingerprint density at radius 2 is 1.69 bits per heavy atom. The number of rotatable bonds is 5. The molecule has 3 aromatic rings. The number of hydrogen-bond acceptors (Lipinski definition) is 6. The quantitative estimate of drug-likeness (QED) is 0.516. The van der Waals surface area contributed by atoms with Crippen LogP contribution in [0.2, 0.25) is 0 Å². The van der Waals surface area contributed by atoms with Crippen LogP contribution in [0.5, 0.6) is 0 Å². The van der Waals surface area contributed by atoms with Crippen molar-refractivity contribution < 1.29 is 4.79 Å². The van der Waals surface area contributed by atoms with E-state index in [4.69, 9.17) is 0 Å². The fraction of sp³-hybridized carbons (Fsp3) is 0.263. The van der Waals surface area contributed by atoms with Crippen molar-refractivity contribution in [2.75, 3.05) is 11.1 Å². The maximum atomic E-state index is 12.2. The van der Waals surface area contributed by atoms with E-state index in [0.29, 0.717) is 10.3 Å². The first kappa shape index (κ1) is 18.5. The molecule has 134 valence electrons. The lowest BCUT2D eigenvalue weighted by molar-refractivity contribution is -0.113. The van der Waals surface area contributed by atoms with Crippen LogP contribution in [0.15, 0.2) is 35.5 Å². The van der Waals surface area contributed by atoms with Crippen LogP contribution in [0, 0.1) is 27.7 Å². The molecular weight excluding hydrogens is 364 g/mol. The molecule has 5 nitrogen and oxygen atoms in total. The number of thioether (sulfide) groups is 1. The maximum Gasteiger partial charge on any atom is 0.236 e. The number of benzene rings is 1. The first-order valence-corrected chi connectivity index (χ1v) is 10.0. The van der Waals surface area contributed by atoms with Crippen LogP contribution in [-0.2, 0) is 4.79 Å². The second-order valence-corrected chi connectivity index (χ2v) is 8.21. The highest BCUT2D eigenvalue weighted by Crippen LogP contribution is 2.30. The van der Waals surface area contributed by atoms with Crippen LogP contribution in [0.25, 0.3) is 11.3 Å². The van der Waals surface area contributed by atoms with E-state index < -0.39 is 0 Å². The van der Waals surface area contributed by atoms with Crippen molar-refractivity contribution in [3.63, 3.8) is 0 Å². The van der Waals surface area contributed by atoms with Crippen LogP contribution in [0.1, 0.15) is 21.8 Å². The van der Waals surface area contributed by atoms with Crippen molar-refractivity contribution >= 4 is 34.1 Å². The Hall–Kier alpha value is -2.25. The van der Waals surface area contributed by atoms with Gasteiger partial charge in [-0.05, 0) is 33.8 Å². The van der Waals surface area contributed by atoms with Gasteiger partial charge in [0.15, 0.2) is 10.3 Å². The van der Waals surface area contributed by atoms with Gasteiger partial charge in [0.2, 0.25) is 5.91 Å². The summed E-state index contributed by atoms with van der Waals surface area (Å²) < 4.78 is 0. The van der Waals surface area contributed by atoms with E-state index in [2.05, 4.69) is 51.5 Å². The highest BCUT2D eigenvalue weighted by molar-refractivity contribution is 7.99. The largest absolute Gasteiger partial charge is 0.301 e. The third-order valence-corrected chi connectivity index (χ3v) is 5.40. The van der Waals surface area contributed by atoms with Crippen LogP contribution in [-0.4, -0.2) is 26.6 Å². The molecular formula is C19H20N4OS2. The van der Waals surface area contributed by atoms with E-state index in [1.807, 2.05) is 26.8 Å². The minimum atomic E-state index is -0.109. The van der Waals surface area contributed by atoms with Crippen LogP contribution < -0.4 is 5.32 Å². The lowest BCUT2D eigenvalue weighted by atomic mass is 10.1. The summed E-state index contributed by atoms with van der Waals surface area (Å²) in [5.74, 6) is 0.142. The fourth-order valence-electron chi connectivity index (χ4n) is 2.47. The summed E-state index contributed by atoms with van der Waals surface area (Å²) in [6.07, 6.45) is 0. The number of thiazole rings is 1. The molecule has 1 aromatic carbocycles. The lowest BCUT2D eigenvalue weighted by Gasteiger charge is -2.03. The monoisotopic (exact) mass is 384 g/mol. The van der Waals surface area contributed by atoms with E-state index in [-0.39, 0.29) is 11.7 Å². The molecule has 1 N–H and O–H groups in total. The Bertz CT molecular complexity index is 915. The van der Waals surface area contributed by atoms with E-state index in [9.17, 15) is 4.79 Å². The number of nitrogens with zero attached hydrogens (tertiary/aromatic N) is 3. The smallest absolute Gasteiger partial charge is 0.236 e. The average Bonchev–Trinajstić information content (AvgIpc) is 2.93. The van der Waals surface area contributed by atoms with Gasteiger partial charge in [-0.25, -0.2) is 15.0 Å². The Kier molecular flexibility index (Phi) is 5.68. The van der Waals surface area contributed by atoms with Crippen molar-refractivity contribution in [1.29, 1.82) is 0 Å². The van der Waals surface area contributed by atoms with Crippen molar-refractivity contribution in [1.82, 2.24) is 15.0 Å². The van der Waals surface area contributed by atoms with Gasteiger partial charge < -0.3 is 5.32 Å². The molecule has 26 heavy (non-hydrogen) atoms. The zero-order chi connectivity index (χ0) is 18.7. The third-order valence-electron chi connectivity index (χ3n) is 3.66. The normalized spacial score (nSPS) is 10.8. The number of nitrogens with one attached hydrogen (secondary N) is 1. The molecule has 0 bridgehead atoms. The Morgan fingerprint density at radius 3 is 2.35 bits per heavy atom. The molecule has 1 amide bonds. The van der Waals surface area contributed by atoms with E-state index in [1.54, 1.807) is 0 Å². The summed E-state index contributed by atoms with van der Waals surface area (Å²) in [6, 6.07) is 10.1. The van der Waals surface area contributed by atoms with Crippen molar-refractivity contribution in [3.05, 3.63) is 52.2 Å². The van der Waals surface area contributed by atoms with Crippen molar-refractivity contribution in [2.24, 2.45) is 0 Å². The van der Waals surface area contributed by atoms with Crippen LogP contribution in [0.3, 0.4) is 0 Å². The molecule has 2 aromatic heterocycles. The molecule has 0 radical (unpaired) electrons. The number of aryl methyl sites for hydroxylation is 4. The van der Waals surface area contributed by atoms with E-state index >= 15 is 0 Å². The molecule has 7 heteroatoms. The molecule has 0 saturated heterocycles. The van der Waals surface area contributed by atoms with E-state index in [1.165, 1.54) is 28.7 Å². The molecule has 0 unspecified atom stereocenters. The molecule has 0 atom stereocenters. The van der Waals surface area contributed by atoms with E-state index in [0.717, 1.165) is 27.5 Å². The predicted octanol–water partition coefficient (Wildman–Crippen LogP) is 4.56. The molecule has 0 aliphatic heterocycles. The van der Waals surface area contributed by atoms with Gasteiger partial charge in [-0.3, -0.25) is 4.79 Å². The summed E-state index contributed by atoms with van der Waals surface area (Å²) in [5.41, 5.74) is 4.98. The minimum absolute atomic E-state index is 0.109. The molecule has 0 fully saturated rings. The number of amides is 1. The second kappa shape index (κ2) is 7.97. The summed E-state index contributed by atoms with van der Waals surface area (Å²) in [6.45, 7) is 7.91. The molecule has 3 rings (SSSR count). The molecule has 0 aliphatic rings. The summed E-state index contributed by atoms with van der Waals surface area (Å²) in [5, 5.41) is 4.11. The second-order valence-electron chi connectivity index (χ2n) is 6.06. The van der Waals surface area contributed by atoms with Gasteiger partial charge in [0, 0.05) is 21.8 Å². The summed E-state index contributed by atoms with van der Waals surface area (Å²) in [4.78, 5) is 26.6. The van der Waals surface area contributed by atoms with Crippen LogP contribution >= 0.6 is 23.1 Å². The third kappa shape index (κ3) is 4.68. The maximum absolute atomic E-state index is 12.2. The number of aromatic nitrogens is 3. The van der Waals surface area contributed by atoms with Gasteiger partial charge in [0.05, 0.1) is 11.4 Å². The molecule has 2 heterocycles. The first-order chi connectivity index (χ1) is 12.4. The lowest BCUT2D eigenvalue weighted by Crippen LogP contribution is -2.14. The number of hydrogen-bond donors (Lipinski definition) is 1. The predicted molar refractivity (Wildman–Crippen MR) is 108 cm³/mol. The number of anilines is 1. The van der Waals surface area contributed by atoms with Crippen molar-refractivity contribution in [2.45, 2.75) is 32.9 Å². The highest BCUT2D eigenvalue weighted by atomic mass is 32.2. The minimum Gasteiger partial charge on any atom is -0.301 e. The standard InChI is InChI=1S/C19H20N4OS2/c1-11-5-7-15(8-6-11)17-14(4)26-19(23-17)22-16(24)10-25-18-20-12(2)9-13(3)21-18/h5-9H,10H2,1-4H3,(H,22,23,24). The number of carbonyl (C=O) groups is 1. The fourth-order valence-corrected chi connectivity index (χ4v) is 4.07. The van der Waals surface area contributed by atoms with Gasteiger partial charge in [0.25, 0.3) is 0 Å². The van der Waals surface area contributed by atoms with Gasteiger partial charge in [-0.15, -0.1) is 11.3 Å². The average molecular weight is 385 g/mol. The summed E-state index contributed by atoms with van der Waals surface area (Å²) in [7, 11) is 0. The zero-order valence-electron chi connectivity index (χ0n) is 15.2. The van der Waals surface area contributed by atoms with Crippen molar-refractivity contribution in [3.8, 4) is 11.3 Å². The van der Waals surface area contributed by atoms with Gasteiger partial charge in [0.1, 0.15) is 0 Å². The van der Waals surface area contributed by atoms with Gasteiger partial charge in [-0.1, -0.05) is 41.6 Å². The topological polar surface area (TPSA) is 67.8 Å². The van der Waals surface area contributed by atoms with Gasteiger partial charge >= 0.3 is 0 Å². The van der Waals surface area contributed by atoms with Crippen LogP contribution in [0.4, 0.5) is 5.13 Å². The highest BCUT2D eigenvalue weighted by Gasteiger charge is 2.13. The Morgan fingerprint density at radius 1 is 1.04 bits per heavy atom. The summed E-state index contributed by atoms with van der Waals surface area (Å²) >= 11 is 2.81. The molecule has 0 spiro atoms. The zero-order valence-corrected chi connectivity index (χ0v) is 16.8. The first-order valence-electron chi connectivity index (χ1n) is 8.20.